The van der Waals surface area contributed by atoms with Crippen molar-refractivity contribution in [2.75, 3.05) is 0 Å². The van der Waals surface area contributed by atoms with E-state index in [1.807, 2.05) is 41.0 Å². The second kappa shape index (κ2) is 7.58. The zero-order valence-electron chi connectivity index (χ0n) is 13.9. The first-order valence-corrected chi connectivity index (χ1v) is 9.16. The first-order valence-electron chi connectivity index (χ1n) is 8.18. The predicted octanol–water partition coefficient (Wildman–Crippen LogP) is 5.02. The summed E-state index contributed by atoms with van der Waals surface area (Å²) in [5.74, 6) is 1.74. The maximum Gasteiger partial charge on any atom is 0.200 e. The number of thioether (sulfide) groups is 1. The molecule has 0 saturated carbocycles. The Balaban J connectivity index is 1.63. The van der Waals surface area contributed by atoms with Gasteiger partial charge in [-0.05, 0) is 35.4 Å². The van der Waals surface area contributed by atoms with Crippen LogP contribution in [0.1, 0.15) is 11.1 Å². The molecule has 0 spiro atoms. The standard InChI is InChI=1S/C20H16FN3OS/c21-17-9-4-8-16(12-17)14-26-20-23-22-19(18-10-5-11-25-18)24(20)13-15-6-2-1-3-7-15/h1-12H,13-14H2. The van der Waals surface area contributed by atoms with Crippen LogP contribution in [-0.2, 0) is 12.3 Å². The van der Waals surface area contributed by atoms with Crippen LogP contribution < -0.4 is 0 Å². The van der Waals surface area contributed by atoms with Gasteiger partial charge in [-0.3, -0.25) is 4.57 Å². The van der Waals surface area contributed by atoms with Gasteiger partial charge in [0.25, 0.3) is 0 Å². The van der Waals surface area contributed by atoms with Crippen molar-refractivity contribution in [2.45, 2.75) is 17.5 Å². The number of furan rings is 1. The molecule has 0 saturated heterocycles. The number of halogens is 1. The molecule has 6 heteroatoms. The molecule has 0 unspecified atom stereocenters. The number of hydrogen-bond donors (Lipinski definition) is 0. The molecule has 4 rings (SSSR count). The number of benzene rings is 2. The van der Waals surface area contributed by atoms with E-state index in [9.17, 15) is 4.39 Å². The summed E-state index contributed by atoms with van der Waals surface area (Å²) in [6.45, 7) is 0.634. The molecule has 0 radical (unpaired) electrons. The molecule has 4 aromatic rings. The number of nitrogens with zero attached hydrogens (tertiary/aromatic N) is 3. The Labute approximate surface area is 154 Å². The number of rotatable bonds is 6. The van der Waals surface area contributed by atoms with E-state index < -0.39 is 0 Å². The van der Waals surface area contributed by atoms with Crippen molar-refractivity contribution in [2.24, 2.45) is 0 Å². The lowest BCUT2D eigenvalue weighted by Crippen LogP contribution is -2.03. The van der Waals surface area contributed by atoms with Gasteiger partial charge in [-0.25, -0.2) is 4.39 Å². The molecule has 0 atom stereocenters. The molecule has 0 aliphatic heterocycles. The van der Waals surface area contributed by atoms with Gasteiger partial charge >= 0.3 is 0 Å². The monoisotopic (exact) mass is 365 g/mol. The smallest absolute Gasteiger partial charge is 0.200 e. The molecule has 2 aromatic carbocycles. The van der Waals surface area contributed by atoms with E-state index in [-0.39, 0.29) is 5.82 Å². The van der Waals surface area contributed by atoms with Crippen molar-refractivity contribution in [1.82, 2.24) is 14.8 Å². The molecule has 0 bridgehead atoms. The van der Waals surface area contributed by atoms with Gasteiger partial charge in [0.2, 0.25) is 5.82 Å². The minimum absolute atomic E-state index is 0.231. The summed E-state index contributed by atoms with van der Waals surface area (Å²) in [5.41, 5.74) is 2.05. The summed E-state index contributed by atoms with van der Waals surface area (Å²) in [5, 5.41) is 9.40. The Morgan fingerprint density at radius 2 is 1.77 bits per heavy atom. The molecule has 2 heterocycles. The lowest BCUT2D eigenvalue weighted by atomic mass is 10.2. The maximum atomic E-state index is 13.4. The van der Waals surface area contributed by atoms with Crippen LogP contribution in [0, 0.1) is 5.82 Å². The molecular weight excluding hydrogens is 349 g/mol. The minimum Gasteiger partial charge on any atom is -0.461 e. The molecule has 0 amide bonds. The van der Waals surface area contributed by atoms with E-state index in [1.54, 1.807) is 18.4 Å². The van der Waals surface area contributed by atoms with Crippen LogP contribution in [-0.4, -0.2) is 14.8 Å². The van der Waals surface area contributed by atoms with Crippen LogP contribution in [0.2, 0.25) is 0 Å². The zero-order chi connectivity index (χ0) is 17.8. The normalized spacial score (nSPS) is 11.0. The van der Waals surface area contributed by atoms with Gasteiger partial charge in [0.15, 0.2) is 10.9 Å². The highest BCUT2D eigenvalue weighted by Crippen LogP contribution is 2.27. The minimum atomic E-state index is -0.231. The fourth-order valence-corrected chi connectivity index (χ4v) is 3.55. The Hall–Kier alpha value is -2.86. The van der Waals surface area contributed by atoms with Crippen LogP contribution >= 0.6 is 11.8 Å². The van der Waals surface area contributed by atoms with Crippen molar-refractivity contribution >= 4 is 11.8 Å². The van der Waals surface area contributed by atoms with Gasteiger partial charge in [0, 0.05) is 5.75 Å². The maximum absolute atomic E-state index is 13.4. The zero-order valence-corrected chi connectivity index (χ0v) is 14.7. The van der Waals surface area contributed by atoms with Crippen molar-refractivity contribution in [1.29, 1.82) is 0 Å². The molecule has 0 fully saturated rings. The van der Waals surface area contributed by atoms with E-state index in [2.05, 4.69) is 22.3 Å². The summed E-state index contributed by atoms with van der Waals surface area (Å²) in [6.07, 6.45) is 1.62. The lowest BCUT2D eigenvalue weighted by Gasteiger charge is -2.09. The van der Waals surface area contributed by atoms with Crippen LogP contribution in [0.15, 0.2) is 82.6 Å². The number of aromatic nitrogens is 3. The highest BCUT2D eigenvalue weighted by Gasteiger charge is 2.16. The second-order valence-corrected chi connectivity index (χ2v) is 6.72. The summed E-state index contributed by atoms with van der Waals surface area (Å²) >= 11 is 1.53. The van der Waals surface area contributed by atoms with Gasteiger partial charge in [-0.1, -0.05) is 54.2 Å². The van der Waals surface area contributed by atoms with Gasteiger partial charge in [0.05, 0.1) is 12.8 Å². The van der Waals surface area contributed by atoms with Crippen molar-refractivity contribution in [3.05, 3.63) is 89.9 Å². The SMILES string of the molecule is Fc1cccc(CSc2nnc(-c3ccco3)n2Cc2ccccc2)c1. The van der Waals surface area contributed by atoms with E-state index >= 15 is 0 Å². The van der Waals surface area contributed by atoms with Crippen LogP contribution in [0.4, 0.5) is 4.39 Å². The molecule has 0 aliphatic carbocycles. The van der Waals surface area contributed by atoms with E-state index in [0.717, 1.165) is 16.3 Å². The summed E-state index contributed by atoms with van der Waals surface area (Å²) in [6, 6.07) is 20.4. The molecular formula is C20H16FN3OS. The van der Waals surface area contributed by atoms with Crippen molar-refractivity contribution < 1.29 is 8.81 Å². The molecule has 2 aromatic heterocycles. The third kappa shape index (κ3) is 3.70. The highest BCUT2D eigenvalue weighted by atomic mass is 32.2. The second-order valence-electron chi connectivity index (χ2n) is 5.77. The largest absolute Gasteiger partial charge is 0.461 e. The Kier molecular flexibility index (Phi) is 4.84. The van der Waals surface area contributed by atoms with Crippen molar-refractivity contribution in [3.63, 3.8) is 0 Å². The highest BCUT2D eigenvalue weighted by molar-refractivity contribution is 7.98. The predicted molar refractivity (Wildman–Crippen MR) is 99.2 cm³/mol. The Bertz CT molecular complexity index is 983. The van der Waals surface area contributed by atoms with Gasteiger partial charge in [-0.2, -0.15) is 0 Å². The molecule has 0 aliphatic rings. The van der Waals surface area contributed by atoms with Gasteiger partial charge in [0.1, 0.15) is 5.82 Å². The van der Waals surface area contributed by atoms with Crippen LogP contribution in [0.5, 0.6) is 0 Å². The number of hydrogen-bond acceptors (Lipinski definition) is 4. The molecule has 0 N–H and O–H groups in total. The van der Waals surface area contributed by atoms with Crippen LogP contribution in [0.25, 0.3) is 11.6 Å². The summed E-state index contributed by atoms with van der Waals surface area (Å²) < 4.78 is 20.9. The van der Waals surface area contributed by atoms with Gasteiger partial charge in [-0.15, -0.1) is 10.2 Å². The van der Waals surface area contributed by atoms with Crippen molar-refractivity contribution in [3.8, 4) is 11.6 Å². The molecule has 4 nitrogen and oxygen atoms in total. The third-order valence-electron chi connectivity index (χ3n) is 3.90. The average molecular weight is 365 g/mol. The Morgan fingerprint density at radius 3 is 2.54 bits per heavy atom. The molecule has 130 valence electrons. The van der Waals surface area contributed by atoms with E-state index in [4.69, 9.17) is 4.42 Å². The Morgan fingerprint density at radius 1 is 0.923 bits per heavy atom. The van der Waals surface area contributed by atoms with E-state index in [1.165, 1.54) is 17.8 Å². The summed E-state index contributed by atoms with van der Waals surface area (Å²) in [4.78, 5) is 0. The van der Waals surface area contributed by atoms with E-state index in [0.29, 0.717) is 23.9 Å². The fraction of sp³-hybridized carbons (Fsp3) is 0.100. The van der Waals surface area contributed by atoms with Gasteiger partial charge < -0.3 is 4.42 Å². The fourth-order valence-electron chi connectivity index (χ4n) is 2.67. The first-order chi connectivity index (χ1) is 12.8. The quantitative estimate of drug-likeness (QED) is 0.450. The summed E-state index contributed by atoms with van der Waals surface area (Å²) in [7, 11) is 0. The lowest BCUT2D eigenvalue weighted by molar-refractivity contribution is 0.569. The third-order valence-corrected chi connectivity index (χ3v) is 4.94. The van der Waals surface area contributed by atoms with Crippen LogP contribution in [0.3, 0.4) is 0 Å². The molecule has 26 heavy (non-hydrogen) atoms. The topological polar surface area (TPSA) is 43.9 Å². The first kappa shape index (κ1) is 16.6. The average Bonchev–Trinajstić information content (AvgIpc) is 3.31.